The predicted molar refractivity (Wildman–Crippen MR) is 85.2 cm³/mol. The number of aryl methyl sites for hydroxylation is 1. The maximum atomic E-state index is 5.97. The standard InChI is InChI=1S/C17H19ClS/c1-2-3-6-14-9-11-16(12-10-14)19-17-8-5-4-7-15(17)13-18/h4-5,7-12H,2-3,6,13H2,1H3. The molecule has 0 saturated carbocycles. The first kappa shape index (κ1) is 14.5. The molecular weight excluding hydrogens is 272 g/mol. The molecule has 19 heavy (non-hydrogen) atoms. The van der Waals surface area contributed by atoms with Crippen molar-refractivity contribution in [2.75, 3.05) is 0 Å². The molecule has 0 bridgehead atoms. The van der Waals surface area contributed by atoms with Crippen LogP contribution in [0.5, 0.6) is 0 Å². The summed E-state index contributed by atoms with van der Waals surface area (Å²) in [6, 6.07) is 17.2. The minimum Gasteiger partial charge on any atom is -0.122 e. The fraction of sp³-hybridized carbons (Fsp3) is 0.294. The maximum Gasteiger partial charge on any atom is 0.0485 e. The van der Waals surface area contributed by atoms with Crippen LogP contribution in [0.3, 0.4) is 0 Å². The summed E-state index contributed by atoms with van der Waals surface area (Å²) in [5, 5.41) is 0. The first-order valence-electron chi connectivity index (χ1n) is 6.74. The molecule has 0 radical (unpaired) electrons. The average molecular weight is 291 g/mol. The van der Waals surface area contributed by atoms with Gasteiger partial charge in [0.2, 0.25) is 0 Å². The quantitative estimate of drug-likeness (QED) is 0.595. The van der Waals surface area contributed by atoms with Gasteiger partial charge in [0, 0.05) is 15.7 Å². The molecule has 0 saturated heterocycles. The van der Waals surface area contributed by atoms with Crippen molar-refractivity contribution in [3.63, 3.8) is 0 Å². The van der Waals surface area contributed by atoms with Crippen molar-refractivity contribution in [3.8, 4) is 0 Å². The third-order valence-electron chi connectivity index (χ3n) is 3.09. The molecule has 0 heterocycles. The molecule has 0 amide bonds. The Morgan fingerprint density at radius 3 is 2.42 bits per heavy atom. The Bertz CT molecular complexity index is 505. The predicted octanol–water partition coefficient (Wildman–Crippen LogP) is 5.92. The van der Waals surface area contributed by atoms with Crippen molar-refractivity contribution in [3.05, 3.63) is 59.7 Å². The highest BCUT2D eigenvalue weighted by Gasteiger charge is 2.03. The molecule has 0 nitrogen and oxygen atoms in total. The van der Waals surface area contributed by atoms with Crippen LogP contribution in [0.15, 0.2) is 58.3 Å². The van der Waals surface area contributed by atoms with E-state index < -0.39 is 0 Å². The van der Waals surface area contributed by atoms with Gasteiger partial charge in [-0.3, -0.25) is 0 Å². The summed E-state index contributed by atoms with van der Waals surface area (Å²) in [7, 11) is 0. The van der Waals surface area contributed by atoms with Gasteiger partial charge in [0.15, 0.2) is 0 Å². The minimum atomic E-state index is 0.567. The van der Waals surface area contributed by atoms with Gasteiger partial charge in [0.25, 0.3) is 0 Å². The molecular formula is C17H19ClS. The number of unbranched alkanes of at least 4 members (excludes halogenated alkanes) is 1. The molecule has 2 aromatic carbocycles. The summed E-state index contributed by atoms with van der Waals surface area (Å²) in [5.74, 6) is 0.567. The zero-order valence-corrected chi connectivity index (χ0v) is 12.8. The number of hydrogen-bond donors (Lipinski definition) is 0. The smallest absolute Gasteiger partial charge is 0.0485 e. The number of halogens is 1. The van der Waals surface area contributed by atoms with E-state index in [4.69, 9.17) is 11.6 Å². The lowest BCUT2D eigenvalue weighted by Gasteiger charge is -2.07. The molecule has 0 fully saturated rings. The number of rotatable bonds is 6. The molecule has 2 heteroatoms. The van der Waals surface area contributed by atoms with Crippen molar-refractivity contribution in [1.82, 2.24) is 0 Å². The van der Waals surface area contributed by atoms with E-state index in [2.05, 4.69) is 49.4 Å². The van der Waals surface area contributed by atoms with Crippen molar-refractivity contribution in [2.45, 2.75) is 41.9 Å². The average Bonchev–Trinajstić information content (AvgIpc) is 2.47. The summed E-state index contributed by atoms with van der Waals surface area (Å²) in [4.78, 5) is 2.52. The number of benzene rings is 2. The van der Waals surface area contributed by atoms with E-state index in [1.807, 2.05) is 6.07 Å². The van der Waals surface area contributed by atoms with Gasteiger partial charge in [0.05, 0.1) is 0 Å². The van der Waals surface area contributed by atoms with E-state index in [0.29, 0.717) is 5.88 Å². The summed E-state index contributed by atoms with van der Waals surface area (Å²) in [6.45, 7) is 2.23. The summed E-state index contributed by atoms with van der Waals surface area (Å²) >= 11 is 7.75. The lowest BCUT2D eigenvalue weighted by Crippen LogP contribution is -1.85. The van der Waals surface area contributed by atoms with Gasteiger partial charge in [0.1, 0.15) is 0 Å². The zero-order chi connectivity index (χ0) is 13.5. The topological polar surface area (TPSA) is 0 Å². The maximum absolute atomic E-state index is 5.97. The molecule has 2 rings (SSSR count). The molecule has 0 N–H and O–H groups in total. The van der Waals surface area contributed by atoms with Gasteiger partial charge >= 0.3 is 0 Å². The Morgan fingerprint density at radius 2 is 1.74 bits per heavy atom. The van der Waals surface area contributed by atoms with Crippen LogP contribution in [-0.4, -0.2) is 0 Å². The fourth-order valence-corrected chi connectivity index (χ4v) is 3.20. The van der Waals surface area contributed by atoms with Crippen LogP contribution < -0.4 is 0 Å². The van der Waals surface area contributed by atoms with E-state index in [1.54, 1.807) is 11.8 Å². The van der Waals surface area contributed by atoms with Gasteiger partial charge < -0.3 is 0 Å². The van der Waals surface area contributed by atoms with E-state index in [-0.39, 0.29) is 0 Å². The van der Waals surface area contributed by atoms with E-state index >= 15 is 0 Å². The van der Waals surface area contributed by atoms with Crippen LogP contribution in [0.4, 0.5) is 0 Å². The van der Waals surface area contributed by atoms with Crippen LogP contribution in [0.2, 0.25) is 0 Å². The van der Waals surface area contributed by atoms with Crippen LogP contribution >= 0.6 is 23.4 Å². The van der Waals surface area contributed by atoms with Crippen molar-refractivity contribution < 1.29 is 0 Å². The lowest BCUT2D eigenvalue weighted by atomic mass is 10.1. The van der Waals surface area contributed by atoms with Gasteiger partial charge in [-0.15, -0.1) is 11.6 Å². The summed E-state index contributed by atoms with van der Waals surface area (Å²) in [5.41, 5.74) is 2.63. The Labute approximate surface area is 125 Å². The molecule has 2 aromatic rings. The van der Waals surface area contributed by atoms with Gasteiger partial charge in [-0.25, -0.2) is 0 Å². The lowest BCUT2D eigenvalue weighted by molar-refractivity contribution is 0.794. The molecule has 0 spiro atoms. The van der Waals surface area contributed by atoms with Crippen molar-refractivity contribution >= 4 is 23.4 Å². The summed E-state index contributed by atoms with van der Waals surface area (Å²) < 4.78 is 0. The highest BCUT2D eigenvalue weighted by molar-refractivity contribution is 7.99. The van der Waals surface area contributed by atoms with E-state index in [1.165, 1.54) is 40.2 Å². The Morgan fingerprint density at radius 1 is 1.00 bits per heavy atom. The molecule has 0 aliphatic carbocycles. The van der Waals surface area contributed by atoms with Gasteiger partial charge in [-0.05, 0) is 42.2 Å². The molecule has 0 aliphatic heterocycles. The molecule has 0 aromatic heterocycles. The van der Waals surface area contributed by atoms with Crippen LogP contribution in [-0.2, 0) is 12.3 Å². The number of alkyl halides is 1. The zero-order valence-electron chi connectivity index (χ0n) is 11.2. The monoisotopic (exact) mass is 290 g/mol. The third-order valence-corrected chi connectivity index (χ3v) is 4.50. The van der Waals surface area contributed by atoms with Crippen LogP contribution in [0.1, 0.15) is 30.9 Å². The van der Waals surface area contributed by atoms with Crippen LogP contribution in [0.25, 0.3) is 0 Å². The van der Waals surface area contributed by atoms with Crippen molar-refractivity contribution in [2.24, 2.45) is 0 Å². The minimum absolute atomic E-state index is 0.567. The van der Waals surface area contributed by atoms with Crippen LogP contribution in [0, 0.1) is 0 Å². The fourth-order valence-electron chi connectivity index (χ4n) is 1.95. The SMILES string of the molecule is CCCCc1ccc(Sc2ccccc2CCl)cc1. The Kier molecular flexibility index (Phi) is 5.81. The molecule has 100 valence electrons. The summed E-state index contributed by atoms with van der Waals surface area (Å²) in [6.07, 6.45) is 3.70. The molecule has 0 unspecified atom stereocenters. The second-order valence-electron chi connectivity index (χ2n) is 4.59. The van der Waals surface area contributed by atoms with Gasteiger partial charge in [-0.1, -0.05) is 55.4 Å². The molecule has 0 atom stereocenters. The van der Waals surface area contributed by atoms with Gasteiger partial charge in [-0.2, -0.15) is 0 Å². The first-order valence-corrected chi connectivity index (χ1v) is 8.09. The second-order valence-corrected chi connectivity index (χ2v) is 5.97. The first-order chi connectivity index (χ1) is 9.33. The van der Waals surface area contributed by atoms with Crippen molar-refractivity contribution in [1.29, 1.82) is 0 Å². The molecule has 0 aliphatic rings. The highest BCUT2D eigenvalue weighted by Crippen LogP contribution is 2.31. The highest BCUT2D eigenvalue weighted by atomic mass is 35.5. The largest absolute Gasteiger partial charge is 0.122 e. The normalized spacial score (nSPS) is 10.6. The Balaban J connectivity index is 2.06. The van der Waals surface area contributed by atoms with E-state index in [9.17, 15) is 0 Å². The number of hydrogen-bond acceptors (Lipinski definition) is 1. The van der Waals surface area contributed by atoms with E-state index in [0.717, 1.165) is 0 Å². The third kappa shape index (κ3) is 4.29. The Hall–Kier alpha value is -0.920. The second kappa shape index (κ2) is 7.62.